The normalized spacial score (nSPS) is 14.7. The molecule has 0 unspecified atom stereocenters. The van der Waals surface area contributed by atoms with Crippen LogP contribution in [0.5, 0.6) is 0 Å². The third-order valence-electron chi connectivity index (χ3n) is 5.94. The number of rotatable bonds is 5. The number of carboxylic acid groups (broad SMARTS) is 1. The van der Waals surface area contributed by atoms with Gasteiger partial charge in [0, 0.05) is 36.5 Å². The maximum absolute atomic E-state index is 12.9. The number of aryl methyl sites for hydroxylation is 3. The van der Waals surface area contributed by atoms with E-state index in [4.69, 9.17) is 0 Å². The Kier molecular flexibility index (Phi) is 5.14. The van der Waals surface area contributed by atoms with Crippen molar-refractivity contribution in [3.8, 4) is 5.13 Å². The Balaban J connectivity index is 1.49. The highest BCUT2D eigenvalue weighted by Gasteiger charge is 2.48. The predicted molar refractivity (Wildman–Crippen MR) is 126 cm³/mol. The van der Waals surface area contributed by atoms with E-state index in [0.717, 1.165) is 17.2 Å². The fraction of sp³-hybridized carbons (Fsp3) is 0.286. The molecule has 0 radical (unpaired) electrons. The second kappa shape index (κ2) is 7.95. The number of aromatic nitrogens is 6. The molecule has 4 aromatic rings. The van der Waals surface area contributed by atoms with Crippen LogP contribution >= 0.6 is 11.5 Å². The summed E-state index contributed by atoms with van der Waals surface area (Å²) in [6, 6.07) is 3.32. The van der Waals surface area contributed by atoms with Gasteiger partial charge < -0.3 is 20.4 Å². The molecular formula is C21H20N8O5S. The van der Waals surface area contributed by atoms with Crippen molar-refractivity contribution in [2.24, 2.45) is 7.05 Å². The number of carbonyl (C=O) groups excluding carboxylic acids is 1. The van der Waals surface area contributed by atoms with Crippen LogP contribution in [0.15, 0.2) is 29.5 Å². The molecule has 0 atom stereocenters. The molecule has 1 amide bonds. The summed E-state index contributed by atoms with van der Waals surface area (Å²) in [4.78, 5) is 47.6. The SMILES string of the molecule is Cc1cc(N2CC(O)(C(=O)Nc3cc(C)n(C)n3)C2)nc2c1c(=O)c(C(=O)O)cn2-c1ncns1. The molecule has 5 heterocycles. The highest BCUT2D eigenvalue weighted by molar-refractivity contribution is 7.08. The van der Waals surface area contributed by atoms with E-state index in [-0.39, 0.29) is 24.1 Å². The average Bonchev–Trinajstić information content (AvgIpc) is 3.41. The van der Waals surface area contributed by atoms with Crippen LogP contribution in [0.2, 0.25) is 0 Å². The minimum absolute atomic E-state index is 0.0289. The summed E-state index contributed by atoms with van der Waals surface area (Å²) in [5, 5.41) is 27.6. The van der Waals surface area contributed by atoms with Crippen LogP contribution in [-0.4, -0.2) is 69.5 Å². The molecule has 4 aromatic heterocycles. The van der Waals surface area contributed by atoms with Gasteiger partial charge in [-0.2, -0.15) is 9.47 Å². The van der Waals surface area contributed by atoms with Crippen molar-refractivity contribution >= 4 is 46.1 Å². The smallest absolute Gasteiger partial charge is 0.341 e. The molecule has 0 bridgehead atoms. The van der Waals surface area contributed by atoms with E-state index in [1.165, 1.54) is 17.1 Å². The van der Waals surface area contributed by atoms with Crippen LogP contribution < -0.4 is 15.6 Å². The number of aliphatic hydroxyl groups is 1. The van der Waals surface area contributed by atoms with E-state index >= 15 is 0 Å². The molecule has 1 fully saturated rings. The predicted octanol–water partition coefficient (Wildman–Crippen LogP) is 0.476. The van der Waals surface area contributed by atoms with E-state index < -0.39 is 28.5 Å². The molecule has 0 spiro atoms. The first-order valence-electron chi connectivity index (χ1n) is 10.4. The monoisotopic (exact) mass is 496 g/mol. The molecule has 0 aromatic carbocycles. The largest absolute Gasteiger partial charge is 0.477 e. The number of hydrogen-bond acceptors (Lipinski definition) is 10. The lowest BCUT2D eigenvalue weighted by Gasteiger charge is -2.45. The Morgan fingerprint density at radius 2 is 1.97 bits per heavy atom. The maximum Gasteiger partial charge on any atom is 0.341 e. The first kappa shape index (κ1) is 22.6. The molecule has 1 saturated heterocycles. The lowest BCUT2D eigenvalue weighted by atomic mass is 9.92. The zero-order chi connectivity index (χ0) is 25.1. The number of pyridine rings is 2. The van der Waals surface area contributed by atoms with Gasteiger partial charge in [-0.3, -0.25) is 18.8 Å². The number of aromatic carboxylic acids is 1. The molecule has 1 aliphatic rings. The first-order valence-corrected chi connectivity index (χ1v) is 11.2. The molecule has 1 aliphatic heterocycles. The Hall–Kier alpha value is -4.17. The number of β-amino-alcohol motifs (C(OH)–C–C–N with tert-alkyl or cyclic N) is 1. The van der Waals surface area contributed by atoms with E-state index in [1.54, 1.807) is 35.7 Å². The van der Waals surface area contributed by atoms with Gasteiger partial charge in [-0.15, -0.1) is 0 Å². The van der Waals surface area contributed by atoms with E-state index in [9.17, 15) is 24.6 Å². The van der Waals surface area contributed by atoms with Gasteiger partial charge in [-0.05, 0) is 25.5 Å². The topological polar surface area (TPSA) is 168 Å². The fourth-order valence-electron chi connectivity index (χ4n) is 3.96. The highest BCUT2D eigenvalue weighted by atomic mass is 32.1. The van der Waals surface area contributed by atoms with Crippen LogP contribution in [0, 0.1) is 13.8 Å². The minimum Gasteiger partial charge on any atom is -0.477 e. The standard InChI is InChI=1S/C21H20N8O5S/c1-10-4-14(28-7-21(34,8-28)19(33)24-13-5-11(2)27(3)26-13)25-17-15(10)16(30)12(18(31)32)6-29(17)20-22-9-23-35-20/h4-6,9,34H,7-8H2,1-3H3,(H,31,32)(H,24,26,33). The Morgan fingerprint density at radius 1 is 1.23 bits per heavy atom. The molecular weight excluding hydrogens is 476 g/mol. The van der Waals surface area contributed by atoms with Gasteiger partial charge in [0.2, 0.25) is 10.6 Å². The summed E-state index contributed by atoms with van der Waals surface area (Å²) in [6.45, 7) is 3.46. The Morgan fingerprint density at radius 3 is 2.57 bits per heavy atom. The fourth-order valence-corrected chi connectivity index (χ4v) is 4.47. The zero-order valence-corrected chi connectivity index (χ0v) is 19.7. The number of nitrogens with one attached hydrogen (secondary N) is 1. The molecule has 3 N–H and O–H groups in total. The van der Waals surface area contributed by atoms with Gasteiger partial charge >= 0.3 is 5.97 Å². The lowest BCUT2D eigenvalue weighted by Crippen LogP contribution is -2.68. The second-order valence-corrected chi connectivity index (χ2v) is 9.16. The zero-order valence-electron chi connectivity index (χ0n) is 18.9. The highest BCUT2D eigenvalue weighted by Crippen LogP contribution is 2.31. The quantitative estimate of drug-likeness (QED) is 0.353. The van der Waals surface area contributed by atoms with Crippen molar-refractivity contribution in [2.45, 2.75) is 19.4 Å². The third kappa shape index (κ3) is 3.72. The van der Waals surface area contributed by atoms with Crippen LogP contribution in [0.4, 0.5) is 11.6 Å². The summed E-state index contributed by atoms with van der Waals surface area (Å²) in [6.07, 6.45) is 2.50. The summed E-state index contributed by atoms with van der Waals surface area (Å²) in [5.74, 6) is -1.18. The first-order chi connectivity index (χ1) is 16.6. The van der Waals surface area contributed by atoms with E-state index in [1.807, 2.05) is 6.92 Å². The summed E-state index contributed by atoms with van der Waals surface area (Å²) in [5.41, 5.74) is -1.16. The number of anilines is 2. The van der Waals surface area contributed by atoms with Crippen molar-refractivity contribution in [3.63, 3.8) is 0 Å². The Labute approximate surface area is 201 Å². The van der Waals surface area contributed by atoms with Crippen molar-refractivity contribution in [3.05, 3.63) is 51.7 Å². The summed E-state index contributed by atoms with van der Waals surface area (Å²) >= 11 is 1.02. The molecule has 5 rings (SSSR count). The van der Waals surface area contributed by atoms with Gasteiger partial charge in [0.25, 0.3) is 5.91 Å². The molecule has 13 nitrogen and oxygen atoms in total. The van der Waals surface area contributed by atoms with Crippen molar-refractivity contribution in [2.75, 3.05) is 23.3 Å². The average molecular weight is 497 g/mol. The maximum atomic E-state index is 12.9. The van der Waals surface area contributed by atoms with Crippen LogP contribution in [0.25, 0.3) is 16.2 Å². The van der Waals surface area contributed by atoms with Crippen molar-refractivity contribution in [1.82, 2.24) is 28.7 Å². The van der Waals surface area contributed by atoms with Gasteiger partial charge in [0.1, 0.15) is 17.7 Å². The molecule has 35 heavy (non-hydrogen) atoms. The summed E-state index contributed by atoms with van der Waals surface area (Å²) < 4.78 is 6.98. The molecule has 0 saturated carbocycles. The van der Waals surface area contributed by atoms with Crippen LogP contribution in [-0.2, 0) is 11.8 Å². The van der Waals surface area contributed by atoms with Crippen LogP contribution in [0.1, 0.15) is 21.6 Å². The van der Waals surface area contributed by atoms with Gasteiger partial charge in [-0.1, -0.05) is 0 Å². The lowest BCUT2D eigenvalue weighted by molar-refractivity contribution is -0.136. The Bertz CT molecular complexity index is 1530. The van der Waals surface area contributed by atoms with Crippen LogP contribution in [0.3, 0.4) is 0 Å². The molecule has 0 aliphatic carbocycles. The number of hydrogen-bond donors (Lipinski definition) is 3. The van der Waals surface area contributed by atoms with Crippen molar-refractivity contribution < 1.29 is 19.8 Å². The molecule has 14 heteroatoms. The van der Waals surface area contributed by atoms with E-state index in [0.29, 0.717) is 22.3 Å². The van der Waals surface area contributed by atoms with Gasteiger partial charge in [-0.25, -0.2) is 14.8 Å². The number of fused-ring (bicyclic) bond motifs is 1. The number of carbonyl (C=O) groups is 2. The minimum atomic E-state index is -1.65. The van der Waals surface area contributed by atoms with E-state index in [2.05, 4.69) is 24.8 Å². The van der Waals surface area contributed by atoms with Gasteiger partial charge in [0.05, 0.1) is 18.5 Å². The van der Waals surface area contributed by atoms with Crippen molar-refractivity contribution in [1.29, 1.82) is 0 Å². The molecule has 180 valence electrons. The van der Waals surface area contributed by atoms with Gasteiger partial charge in [0.15, 0.2) is 17.1 Å². The number of amides is 1. The second-order valence-electron chi connectivity index (χ2n) is 8.40. The third-order valence-corrected chi connectivity index (χ3v) is 6.60. The number of carboxylic acids is 1. The number of nitrogens with zero attached hydrogens (tertiary/aromatic N) is 7. The summed E-state index contributed by atoms with van der Waals surface area (Å²) in [7, 11) is 1.75.